The summed E-state index contributed by atoms with van der Waals surface area (Å²) in [5.41, 5.74) is 6.36. The van der Waals surface area contributed by atoms with Crippen LogP contribution in [0.4, 0.5) is 4.39 Å². The van der Waals surface area contributed by atoms with Gasteiger partial charge in [-0.15, -0.1) is 0 Å². The number of hydrogen-bond acceptors (Lipinski definition) is 2. The van der Waals surface area contributed by atoms with Gasteiger partial charge in [-0.1, -0.05) is 18.2 Å². The van der Waals surface area contributed by atoms with Crippen LogP contribution >= 0.6 is 0 Å². The fourth-order valence-corrected chi connectivity index (χ4v) is 1.70. The van der Waals surface area contributed by atoms with Gasteiger partial charge in [-0.3, -0.25) is 4.79 Å². The first-order valence-electron chi connectivity index (χ1n) is 5.43. The second kappa shape index (κ2) is 4.97. The van der Waals surface area contributed by atoms with Crippen molar-refractivity contribution in [3.63, 3.8) is 0 Å². The minimum absolute atomic E-state index is 0.140. The van der Waals surface area contributed by atoms with Gasteiger partial charge in [0.2, 0.25) is 0 Å². The quantitative estimate of drug-likeness (QED) is 0.825. The molecule has 0 aliphatic heterocycles. The van der Waals surface area contributed by atoms with Crippen molar-refractivity contribution in [2.24, 2.45) is 5.73 Å². The predicted octanol–water partition coefficient (Wildman–Crippen LogP) is 0.865. The van der Waals surface area contributed by atoms with Crippen molar-refractivity contribution in [1.29, 1.82) is 0 Å². The standard InChI is InChI=1S/C12H14FN3O/c13-11-4-2-1-3-10(11)8-16-12(17)9(5-6-14)7-15-16/h1-4,7,15H,5-6,8,14H2. The molecule has 0 radical (unpaired) electrons. The topological polar surface area (TPSA) is 63.8 Å². The predicted molar refractivity (Wildman–Crippen MR) is 63.3 cm³/mol. The van der Waals surface area contributed by atoms with Crippen LogP contribution in [0, 0.1) is 5.82 Å². The van der Waals surface area contributed by atoms with Gasteiger partial charge in [0.05, 0.1) is 6.54 Å². The summed E-state index contributed by atoms with van der Waals surface area (Å²) < 4.78 is 14.8. The summed E-state index contributed by atoms with van der Waals surface area (Å²) in [5, 5.41) is 2.82. The van der Waals surface area contributed by atoms with Crippen LogP contribution in [0.2, 0.25) is 0 Å². The minimum atomic E-state index is -0.311. The van der Waals surface area contributed by atoms with Crippen LogP contribution in [-0.4, -0.2) is 16.3 Å². The number of nitrogens with zero attached hydrogens (tertiary/aromatic N) is 1. The monoisotopic (exact) mass is 235 g/mol. The molecule has 0 spiro atoms. The van der Waals surface area contributed by atoms with E-state index < -0.39 is 0 Å². The highest BCUT2D eigenvalue weighted by Gasteiger charge is 2.07. The number of nitrogens with one attached hydrogen (secondary N) is 1. The molecule has 0 aliphatic carbocycles. The number of hydrogen-bond donors (Lipinski definition) is 2. The van der Waals surface area contributed by atoms with E-state index in [4.69, 9.17) is 5.73 Å². The molecule has 2 rings (SSSR count). The lowest BCUT2D eigenvalue weighted by molar-refractivity contribution is 0.579. The molecule has 1 aromatic heterocycles. The third-order valence-electron chi connectivity index (χ3n) is 2.61. The van der Waals surface area contributed by atoms with Crippen LogP contribution in [0.15, 0.2) is 35.3 Å². The number of benzene rings is 1. The molecule has 1 heterocycles. The van der Waals surface area contributed by atoms with Crippen LogP contribution in [0.5, 0.6) is 0 Å². The first-order valence-corrected chi connectivity index (χ1v) is 5.43. The van der Waals surface area contributed by atoms with Crippen molar-refractivity contribution in [1.82, 2.24) is 9.78 Å². The second-order valence-electron chi connectivity index (χ2n) is 3.82. The number of aromatic amines is 1. The normalized spacial score (nSPS) is 10.7. The van der Waals surface area contributed by atoms with Crippen molar-refractivity contribution in [3.05, 3.63) is 57.8 Å². The Balaban J connectivity index is 2.25. The van der Waals surface area contributed by atoms with Crippen LogP contribution in [0.3, 0.4) is 0 Å². The third kappa shape index (κ3) is 2.45. The van der Waals surface area contributed by atoms with Gasteiger partial charge >= 0.3 is 0 Å². The molecule has 0 amide bonds. The summed E-state index contributed by atoms with van der Waals surface area (Å²) >= 11 is 0. The average molecular weight is 235 g/mol. The molecular weight excluding hydrogens is 221 g/mol. The second-order valence-corrected chi connectivity index (χ2v) is 3.82. The number of aromatic nitrogens is 2. The van der Waals surface area contributed by atoms with Gasteiger partial charge in [-0.2, -0.15) is 0 Å². The minimum Gasteiger partial charge on any atom is -0.330 e. The van der Waals surface area contributed by atoms with Crippen LogP contribution < -0.4 is 11.3 Å². The first kappa shape index (κ1) is 11.6. The Bertz CT molecular complexity index is 559. The highest BCUT2D eigenvalue weighted by Crippen LogP contribution is 2.07. The summed E-state index contributed by atoms with van der Waals surface area (Å²) in [4.78, 5) is 11.8. The molecule has 0 aliphatic rings. The van der Waals surface area contributed by atoms with Gasteiger partial charge < -0.3 is 10.8 Å². The molecule has 0 bridgehead atoms. The largest absolute Gasteiger partial charge is 0.330 e. The van der Waals surface area contributed by atoms with Crippen molar-refractivity contribution in [3.8, 4) is 0 Å². The summed E-state index contributed by atoms with van der Waals surface area (Å²) in [7, 11) is 0. The highest BCUT2D eigenvalue weighted by atomic mass is 19.1. The fourth-order valence-electron chi connectivity index (χ4n) is 1.70. The molecule has 5 heteroatoms. The summed E-state index contributed by atoms with van der Waals surface area (Å²) in [6.45, 7) is 0.628. The fraction of sp³-hybridized carbons (Fsp3) is 0.250. The Morgan fingerprint density at radius 3 is 2.76 bits per heavy atom. The van der Waals surface area contributed by atoms with E-state index in [2.05, 4.69) is 5.10 Å². The van der Waals surface area contributed by atoms with Crippen LogP contribution in [0.1, 0.15) is 11.1 Å². The van der Waals surface area contributed by atoms with Gasteiger partial charge in [0, 0.05) is 17.3 Å². The van der Waals surface area contributed by atoms with Gasteiger partial charge in [-0.05, 0) is 19.0 Å². The Morgan fingerprint density at radius 1 is 1.29 bits per heavy atom. The molecule has 0 saturated carbocycles. The molecule has 1 aromatic carbocycles. The molecule has 0 unspecified atom stereocenters. The van der Waals surface area contributed by atoms with Crippen LogP contribution in [0.25, 0.3) is 0 Å². The molecule has 3 N–H and O–H groups in total. The maximum Gasteiger partial charge on any atom is 0.270 e. The third-order valence-corrected chi connectivity index (χ3v) is 2.61. The van der Waals surface area contributed by atoms with E-state index in [1.807, 2.05) is 0 Å². The van der Waals surface area contributed by atoms with Gasteiger partial charge in [0.15, 0.2) is 0 Å². The van der Waals surface area contributed by atoms with Crippen molar-refractivity contribution >= 4 is 0 Å². The zero-order valence-electron chi connectivity index (χ0n) is 9.32. The summed E-state index contributed by atoms with van der Waals surface area (Å²) in [6, 6.07) is 6.40. The Labute approximate surface area is 97.9 Å². The SMILES string of the molecule is NCCc1c[nH]n(Cc2ccccc2F)c1=O. The van der Waals surface area contributed by atoms with Gasteiger partial charge in [-0.25, -0.2) is 9.07 Å². The molecule has 0 atom stereocenters. The molecule has 17 heavy (non-hydrogen) atoms. The number of H-pyrrole nitrogens is 1. The van der Waals surface area contributed by atoms with E-state index in [0.29, 0.717) is 24.1 Å². The number of halogens is 1. The van der Waals surface area contributed by atoms with Crippen LogP contribution in [-0.2, 0) is 13.0 Å². The Hall–Kier alpha value is -1.88. The lowest BCUT2D eigenvalue weighted by Gasteiger charge is -2.03. The molecule has 2 aromatic rings. The molecular formula is C12H14FN3O. The van der Waals surface area contributed by atoms with E-state index in [1.165, 1.54) is 10.7 Å². The highest BCUT2D eigenvalue weighted by molar-refractivity contribution is 5.18. The number of rotatable bonds is 4. The first-order chi connectivity index (χ1) is 8.22. The number of nitrogens with two attached hydrogens (primary N) is 1. The lowest BCUT2D eigenvalue weighted by Crippen LogP contribution is -2.21. The lowest BCUT2D eigenvalue weighted by atomic mass is 10.2. The van der Waals surface area contributed by atoms with E-state index in [1.54, 1.807) is 24.4 Å². The Kier molecular flexibility index (Phi) is 3.39. The molecule has 4 nitrogen and oxygen atoms in total. The Morgan fingerprint density at radius 2 is 2.06 bits per heavy atom. The summed E-state index contributed by atoms with van der Waals surface area (Å²) in [5.74, 6) is -0.311. The average Bonchev–Trinajstić information content (AvgIpc) is 2.65. The van der Waals surface area contributed by atoms with E-state index in [0.717, 1.165) is 0 Å². The maximum absolute atomic E-state index is 13.4. The van der Waals surface area contributed by atoms with Crippen molar-refractivity contribution in [2.75, 3.05) is 6.54 Å². The van der Waals surface area contributed by atoms with E-state index in [-0.39, 0.29) is 17.9 Å². The van der Waals surface area contributed by atoms with Gasteiger partial charge in [0.25, 0.3) is 5.56 Å². The van der Waals surface area contributed by atoms with E-state index >= 15 is 0 Å². The molecule has 0 fully saturated rings. The van der Waals surface area contributed by atoms with Gasteiger partial charge in [0.1, 0.15) is 5.82 Å². The van der Waals surface area contributed by atoms with Crippen molar-refractivity contribution in [2.45, 2.75) is 13.0 Å². The molecule has 0 saturated heterocycles. The summed E-state index contributed by atoms with van der Waals surface area (Å²) in [6.07, 6.45) is 2.15. The van der Waals surface area contributed by atoms with E-state index in [9.17, 15) is 9.18 Å². The zero-order valence-corrected chi connectivity index (χ0v) is 9.32. The maximum atomic E-state index is 13.4. The van der Waals surface area contributed by atoms with Crippen molar-refractivity contribution < 1.29 is 4.39 Å². The smallest absolute Gasteiger partial charge is 0.270 e. The zero-order chi connectivity index (χ0) is 12.3. The molecule has 90 valence electrons.